The standard InChI is InChI=1S/C11H11N3O2/c1-14-7-10(12-13-14)8-3-5-9(6-4-8)11(15)16-2/h3-7H,1-2H3. The first kappa shape index (κ1) is 10.4. The van der Waals surface area contributed by atoms with Crippen LogP contribution in [0.3, 0.4) is 0 Å². The first-order chi connectivity index (χ1) is 7.70. The molecule has 0 unspecified atom stereocenters. The number of nitrogens with zero attached hydrogens (tertiary/aromatic N) is 3. The molecule has 0 aliphatic rings. The highest BCUT2D eigenvalue weighted by Gasteiger charge is 2.06. The number of carbonyl (C=O) groups excluding carboxylic acids is 1. The van der Waals surface area contributed by atoms with Crippen molar-refractivity contribution in [2.45, 2.75) is 0 Å². The second kappa shape index (κ2) is 4.14. The van der Waals surface area contributed by atoms with Gasteiger partial charge in [-0.15, -0.1) is 5.10 Å². The molecule has 0 aliphatic carbocycles. The van der Waals surface area contributed by atoms with Crippen LogP contribution in [0.15, 0.2) is 30.5 Å². The van der Waals surface area contributed by atoms with E-state index in [-0.39, 0.29) is 5.97 Å². The molecule has 0 atom stereocenters. The van der Waals surface area contributed by atoms with Crippen molar-refractivity contribution in [2.75, 3.05) is 7.11 Å². The van der Waals surface area contributed by atoms with E-state index in [9.17, 15) is 4.79 Å². The smallest absolute Gasteiger partial charge is 0.337 e. The Labute approximate surface area is 92.7 Å². The maximum Gasteiger partial charge on any atom is 0.337 e. The van der Waals surface area contributed by atoms with Gasteiger partial charge in [-0.05, 0) is 12.1 Å². The highest BCUT2D eigenvalue weighted by atomic mass is 16.5. The summed E-state index contributed by atoms with van der Waals surface area (Å²) in [6.07, 6.45) is 1.81. The maximum atomic E-state index is 11.2. The van der Waals surface area contributed by atoms with Crippen LogP contribution < -0.4 is 0 Å². The Kier molecular flexibility index (Phi) is 2.68. The van der Waals surface area contributed by atoms with E-state index in [0.29, 0.717) is 5.56 Å². The highest BCUT2D eigenvalue weighted by Crippen LogP contribution is 2.16. The van der Waals surface area contributed by atoms with E-state index >= 15 is 0 Å². The third-order valence-corrected chi connectivity index (χ3v) is 2.20. The van der Waals surface area contributed by atoms with Crippen molar-refractivity contribution >= 4 is 5.97 Å². The van der Waals surface area contributed by atoms with Gasteiger partial charge in [0.1, 0.15) is 5.69 Å². The van der Waals surface area contributed by atoms with Crippen molar-refractivity contribution in [2.24, 2.45) is 7.05 Å². The van der Waals surface area contributed by atoms with E-state index in [0.717, 1.165) is 11.3 Å². The third kappa shape index (κ3) is 1.93. The molecule has 0 bridgehead atoms. The number of esters is 1. The molecule has 0 N–H and O–H groups in total. The van der Waals surface area contributed by atoms with E-state index in [1.165, 1.54) is 7.11 Å². The summed E-state index contributed by atoms with van der Waals surface area (Å²) in [4.78, 5) is 11.2. The van der Waals surface area contributed by atoms with Crippen LogP contribution in [0.1, 0.15) is 10.4 Å². The van der Waals surface area contributed by atoms with Gasteiger partial charge in [-0.1, -0.05) is 17.3 Å². The molecule has 5 heteroatoms. The van der Waals surface area contributed by atoms with Gasteiger partial charge in [0.2, 0.25) is 0 Å². The van der Waals surface area contributed by atoms with Crippen molar-refractivity contribution in [3.63, 3.8) is 0 Å². The molecule has 1 heterocycles. The molecule has 0 aliphatic heterocycles. The minimum atomic E-state index is -0.342. The van der Waals surface area contributed by atoms with Gasteiger partial charge in [-0.2, -0.15) is 0 Å². The van der Waals surface area contributed by atoms with E-state index in [1.807, 2.05) is 18.3 Å². The maximum absolute atomic E-state index is 11.2. The SMILES string of the molecule is COC(=O)c1ccc(-c2cn(C)nn2)cc1. The number of aromatic nitrogens is 3. The number of aryl methyl sites for hydroxylation is 1. The Bertz CT molecular complexity index is 502. The second-order valence-electron chi connectivity index (χ2n) is 3.35. The Morgan fingerprint density at radius 1 is 1.31 bits per heavy atom. The predicted octanol–water partition coefficient (Wildman–Crippen LogP) is 1.27. The lowest BCUT2D eigenvalue weighted by Gasteiger charge is -1.99. The van der Waals surface area contributed by atoms with E-state index in [1.54, 1.807) is 23.9 Å². The fourth-order valence-electron chi connectivity index (χ4n) is 1.37. The summed E-state index contributed by atoms with van der Waals surface area (Å²) >= 11 is 0. The molecular weight excluding hydrogens is 206 g/mol. The van der Waals surface area contributed by atoms with Crippen molar-refractivity contribution < 1.29 is 9.53 Å². The number of methoxy groups -OCH3 is 1. The molecule has 1 aromatic carbocycles. The zero-order valence-electron chi connectivity index (χ0n) is 9.04. The molecule has 0 saturated carbocycles. The average Bonchev–Trinajstić information content (AvgIpc) is 2.75. The number of hydrogen-bond acceptors (Lipinski definition) is 4. The summed E-state index contributed by atoms with van der Waals surface area (Å²) < 4.78 is 6.24. The van der Waals surface area contributed by atoms with Crippen LogP contribution in [0.2, 0.25) is 0 Å². The number of carbonyl (C=O) groups is 1. The van der Waals surface area contributed by atoms with Crippen LogP contribution in [0.25, 0.3) is 11.3 Å². The summed E-state index contributed by atoms with van der Waals surface area (Å²) in [5.74, 6) is -0.342. The summed E-state index contributed by atoms with van der Waals surface area (Å²) in [7, 11) is 3.16. The van der Waals surface area contributed by atoms with Crippen molar-refractivity contribution in [1.29, 1.82) is 0 Å². The van der Waals surface area contributed by atoms with E-state index in [4.69, 9.17) is 0 Å². The Morgan fingerprint density at radius 3 is 2.50 bits per heavy atom. The van der Waals surface area contributed by atoms with Gasteiger partial charge in [-0.25, -0.2) is 4.79 Å². The molecule has 82 valence electrons. The monoisotopic (exact) mass is 217 g/mol. The van der Waals surface area contributed by atoms with Crippen LogP contribution >= 0.6 is 0 Å². The highest BCUT2D eigenvalue weighted by molar-refractivity contribution is 5.89. The predicted molar refractivity (Wildman–Crippen MR) is 57.8 cm³/mol. The summed E-state index contributed by atoms with van der Waals surface area (Å²) in [6, 6.07) is 7.04. The first-order valence-electron chi connectivity index (χ1n) is 4.76. The minimum Gasteiger partial charge on any atom is -0.465 e. The number of rotatable bonds is 2. The quantitative estimate of drug-likeness (QED) is 0.711. The van der Waals surface area contributed by atoms with Gasteiger partial charge >= 0.3 is 5.97 Å². The Balaban J connectivity index is 2.29. The molecule has 0 spiro atoms. The molecule has 0 saturated heterocycles. The largest absolute Gasteiger partial charge is 0.465 e. The molecule has 0 fully saturated rings. The van der Waals surface area contributed by atoms with Crippen molar-refractivity contribution in [3.05, 3.63) is 36.0 Å². The van der Waals surface area contributed by atoms with Gasteiger partial charge in [0.25, 0.3) is 0 Å². The molecule has 2 aromatic rings. The molecular formula is C11H11N3O2. The first-order valence-corrected chi connectivity index (χ1v) is 4.76. The molecule has 5 nitrogen and oxygen atoms in total. The molecule has 2 rings (SSSR count). The van der Waals surface area contributed by atoms with E-state index < -0.39 is 0 Å². The summed E-state index contributed by atoms with van der Waals surface area (Å²) in [5, 5.41) is 7.82. The van der Waals surface area contributed by atoms with Crippen LogP contribution in [-0.4, -0.2) is 28.1 Å². The number of hydrogen-bond donors (Lipinski definition) is 0. The fourth-order valence-corrected chi connectivity index (χ4v) is 1.37. The van der Waals surface area contributed by atoms with Gasteiger partial charge in [-0.3, -0.25) is 4.68 Å². The van der Waals surface area contributed by atoms with Gasteiger partial charge < -0.3 is 4.74 Å². The summed E-state index contributed by atoms with van der Waals surface area (Å²) in [6.45, 7) is 0. The third-order valence-electron chi connectivity index (χ3n) is 2.20. The zero-order valence-corrected chi connectivity index (χ0v) is 9.04. The lowest BCUT2D eigenvalue weighted by molar-refractivity contribution is 0.0601. The van der Waals surface area contributed by atoms with Gasteiger partial charge in [0.05, 0.1) is 18.9 Å². The molecule has 0 amide bonds. The fraction of sp³-hybridized carbons (Fsp3) is 0.182. The van der Waals surface area contributed by atoms with Crippen LogP contribution in [0.4, 0.5) is 0 Å². The minimum absolute atomic E-state index is 0.342. The number of benzene rings is 1. The second-order valence-corrected chi connectivity index (χ2v) is 3.35. The van der Waals surface area contributed by atoms with Crippen LogP contribution in [0.5, 0.6) is 0 Å². The normalized spacial score (nSPS) is 10.1. The van der Waals surface area contributed by atoms with E-state index in [2.05, 4.69) is 15.0 Å². The number of ether oxygens (including phenoxy) is 1. The summed E-state index contributed by atoms with van der Waals surface area (Å²) in [5.41, 5.74) is 2.22. The molecule has 0 radical (unpaired) electrons. The lowest BCUT2D eigenvalue weighted by atomic mass is 10.1. The average molecular weight is 217 g/mol. The van der Waals surface area contributed by atoms with Gasteiger partial charge in [0.15, 0.2) is 0 Å². The van der Waals surface area contributed by atoms with Gasteiger partial charge in [0, 0.05) is 12.6 Å². The topological polar surface area (TPSA) is 57.0 Å². The van der Waals surface area contributed by atoms with Crippen molar-refractivity contribution in [1.82, 2.24) is 15.0 Å². The van der Waals surface area contributed by atoms with Crippen LogP contribution in [0, 0.1) is 0 Å². The Morgan fingerprint density at radius 2 is 2.00 bits per heavy atom. The molecule has 16 heavy (non-hydrogen) atoms. The molecule has 1 aromatic heterocycles. The van der Waals surface area contributed by atoms with Crippen molar-refractivity contribution in [3.8, 4) is 11.3 Å². The van der Waals surface area contributed by atoms with Crippen LogP contribution in [-0.2, 0) is 11.8 Å². The Hall–Kier alpha value is -2.17. The lowest BCUT2D eigenvalue weighted by Crippen LogP contribution is -2.00. The zero-order chi connectivity index (χ0) is 11.5.